The summed E-state index contributed by atoms with van der Waals surface area (Å²) in [6.45, 7) is 5.69. The summed E-state index contributed by atoms with van der Waals surface area (Å²) in [4.78, 5) is 0. The molecule has 0 amide bonds. The zero-order chi connectivity index (χ0) is 12.3. The van der Waals surface area contributed by atoms with Crippen LogP contribution < -0.4 is 0 Å². The molecule has 0 aliphatic rings. The maximum absolute atomic E-state index is 12.5. The third kappa shape index (κ3) is 2.18. The van der Waals surface area contributed by atoms with Crippen LogP contribution in [0, 0.1) is 6.92 Å². The van der Waals surface area contributed by atoms with Crippen LogP contribution in [0.4, 0.5) is 13.2 Å². The van der Waals surface area contributed by atoms with Crippen molar-refractivity contribution in [1.82, 2.24) is 10.2 Å². The van der Waals surface area contributed by atoms with Crippen LogP contribution in [-0.2, 0) is 6.18 Å². The predicted molar refractivity (Wildman–Crippen MR) is 57.2 cm³/mol. The molecule has 2 aromatic rings. The van der Waals surface area contributed by atoms with Gasteiger partial charge in [-0.15, -0.1) is 0 Å². The summed E-state index contributed by atoms with van der Waals surface area (Å²) >= 11 is 0. The topological polar surface area (TPSA) is 28.7 Å². The van der Waals surface area contributed by atoms with Gasteiger partial charge in [0.25, 0.3) is 0 Å². The van der Waals surface area contributed by atoms with Crippen molar-refractivity contribution in [2.75, 3.05) is 0 Å². The number of aromatic nitrogens is 2. The lowest BCUT2D eigenvalue weighted by atomic mass is 10.1. The van der Waals surface area contributed by atoms with E-state index in [4.69, 9.17) is 0 Å². The van der Waals surface area contributed by atoms with Gasteiger partial charge in [0.05, 0.1) is 5.56 Å². The Bertz CT molecular complexity index is 472. The number of hydrogen-bond acceptors (Lipinski definition) is 1. The van der Waals surface area contributed by atoms with E-state index in [0.717, 1.165) is 6.07 Å². The SMILES string of the molecule is CC.Cc1[nH]nc2c(C(F)(F)F)cccc12. The number of rotatable bonds is 0. The van der Waals surface area contributed by atoms with Crippen molar-refractivity contribution in [2.45, 2.75) is 26.9 Å². The van der Waals surface area contributed by atoms with Crippen molar-refractivity contribution in [1.29, 1.82) is 0 Å². The molecule has 2 rings (SSSR count). The summed E-state index contributed by atoms with van der Waals surface area (Å²) in [7, 11) is 0. The fourth-order valence-corrected chi connectivity index (χ4v) is 1.40. The van der Waals surface area contributed by atoms with Gasteiger partial charge in [0, 0.05) is 11.1 Å². The number of nitrogens with zero attached hydrogens (tertiary/aromatic N) is 1. The first-order valence-corrected chi connectivity index (χ1v) is 5.01. The molecule has 2 nitrogen and oxygen atoms in total. The maximum Gasteiger partial charge on any atom is 0.418 e. The number of alkyl halides is 3. The van der Waals surface area contributed by atoms with Gasteiger partial charge in [-0.1, -0.05) is 26.0 Å². The van der Waals surface area contributed by atoms with E-state index in [1.807, 2.05) is 13.8 Å². The highest BCUT2D eigenvalue weighted by molar-refractivity contribution is 5.84. The van der Waals surface area contributed by atoms with E-state index in [1.165, 1.54) is 6.07 Å². The number of halogens is 3. The smallest absolute Gasteiger partial charge is 0.282 e. The van der Waals surface area contributed by atoms with Crippen molar-refractivity contribution in [3.63, 3.8) is 0 Å². The minimum atomic E-state index is -4.35. The number of H-pyrrole nitrogens is 1. The predicted octanol–water partition coefficient (Wildman–Crippen LogP) is 3.92. The van der Waals surface area contributed by atoms with Gasteiger partial charge in [0.2, 0.25) is 0 Å². The molecule has 1 aromatic heterocycles. The molecule has 0 unspecified atom stereocenters. The Morgan fingerprint density at radius 2 is 1.81 bits per heavy atom. The summed E-state index contributed by atoms with van der Waals surface area (Å²) in [5, 5.41) is 6.69. The first kappa shape index (κ1) is 12.5. The molecule has 1 heterocycles. The summed E-state index contributed by atoms with van der Waals surface area (Å²) in [6, 6.07) is 4.03. The van der Waals surface area contributed by atoms with E-state index >= 15 is 0 Å². The molecular weight excluding hydrogens is 217 g/mol. The molecule has 88 valence electrons. The standard InChI is InChI=1S/C9H7F3N2.C2H6/c1-5-6-3-2-4-7(9(10,11)12)8(6)14-13-5;1-2/h2-4H,1H3,(H,13,14);1-2H3. The molecule has 0 bridgehead atoms. The van der Waals surface area contributed by atoms with E-state index < -0.39 is 11.7 Å². The Morgan fingerprint density at radius 3 is 2.38 bits per heavy atom. The van der Waals surface area contributed by atoms with Crippen molar-refractivity contribution >= 4 is 10.9 Å². The Hall–Kier alpha value is -1.52. The normalized spacial score (nSPS) is 11.1. The second kappa shape index (κ2) is 4.55. The second-order valence-corrected chi connectivity index (χ2v) is 3.05. The summed E-state index contributed by atoms with van der Waals surface area (Å²) < 4.78 is 37.4. The van der Waals surface area contributed by atoms with Crippen LogP contribution >= 0.6 is 0 Å². The van der Waals surface area contributed by atoms with Crippen molar-refractivity contribution in [3.8, 4) is 0 Å². The van der Waals surface area contributed by atoms with Crippen molar-refractivity contribution in [2.24, 2.45) is 0 Å². The first-order valence-electron chi connectivity index (χ1n) is 5.01. The number of para-hydroxylation sites is 1. The van der Waals surface area contributed by atoms with Gasteiger partial charge in [-0.3, -0.25) is 5.10 Å². The highest BCUT2D eigenvalue weighted by Gasteiger charge is 2.33. The fraction of sp³-hybridized carbons (Fsp3) is 0.364. The molecule has 0 fully saturated rings. The van der Waals surface area contributed by atoms with Gasteiger partial charge < -0.3 is 0 Å². The van der Waals surface area contributed by atoms with Crippen LogP contribution in [0.25, 0.3) is 10.9 Å². The number of fused-ring (bicyclic) bond motifs is 1. The van der Waals surface area contributed by atoms with Gasteiger partial charge >= 0.3 is 6.18 Å². The second-order valence-electron chi connectivity index (χ2n) is 3.05. The van der Waals surface area contributed by atoms with E-state index in [0.29, 0.717) is 11.1 Å². The van der Waals surface area contributed by atoms with Crippen LogP contribution in [0.1, 0.15) is 25.1 Å². The summed E-state index contributed by atoms with van der Waals surface area (Å²) in [5.74, 6) is 0. The molecule has 0 aliphatic carbocycles. The van der Waals surface area contributed by atoms with Crippen molar-refractivity contribution < 1.29 is 13.2 Å². The van der Waals surface area contributed by atoms with E-state index in [-0.39, 0.29) is 5.52 Å². The maximum atomic E-state index is 12.5. The van der Waals surface area contributed by atoms with Crippen LogP contribution in [-0.4, -0.2) is 10.2 Å². The molecule has 0 saturated carbocycles. The Kier molecular flexibility index (Phi) is 3.57. The Balaban J connectivity index is 0.000000606. The van der Waals surface area contributed by atoms with E-state index in [2.05, 4.69) is 10.2 Å². The molecule has 0 saturated heterocycles. The number of aromatic amines is 1. The molecule has 1 aromatic carbocycles. The molecule has 16 heavy (non-hydrogen) atoms. The first-order chi connectivity index (χ1) is 7.50. The van der Waals surface area contributed by atoms with E-state index in [1.54, 1.807) is 13.0 Å². The fourth-order valence-electron chi connectivity index (χ4n) is 1.40. The number of nitrogens with one attached hydrogen (secondary N) is 1. The van der Waals surface area contributed by atoms with Crippen molar-refractivity contribution in [3.05, 3.63) is 29.5 Å². The van der Waals surface area contributed by atoms with Gasteiger partial charge in [0.1, 0.15) is 5.52 Å². The van der Waals surface area contributed by atoms with Crippen LogP contribution in [0.3, 0.4) is 0 Å². The lowest BCUT2D eigenvalue weighted by Gasteiger charge is -2.06. The Labute approximate surface area is 91.5 Å². The average Bonchev–Trinajstić information content (AvgIpc) is 2.62. The summed E-state index contributed by atoms with van der Waals surface area (Å²) in [6.07, 6.45) is -4.35. The van der Waals surface area contributed by atoms with E-state index in [9.17, 15) is 13.2 Å². The molecule has 0 aliphatic heterocycles. The highest BCUT2D eigenvalue weighted by Crippen LogP contribution is 2.34. The van der Waals surface area contributed by atoms with Crippen LogP contribution in [0.15, 0.2) is 18.2 Å². The lowest BCUT2D eigenvalue weighted by Crippen LogP contribution is -2.05. The van der Waals surface area contributed by atoms with Gasteiger partial charge in [-0.05, 0) is 13.0 Å². The number of benzene rings is 1. The quantitative estimate of drug-likeness (QED) is 0.730. The highest BCUT2D eigenvalue weighted by atomic mass is 19.4. The number of hydrogen-bond donors (Lipinski definition) is 1. The molecule has 5 heteroatoms. The number of aryl methyl sites for hydroxylation is 1. The third-order valence-corrected chi connectivity index (χ3v) is 2.08. The Morgan fingerprint density at radius 1 is 1.19 bits per heavy atom. The zero-order valence-electron chi connectivity index (χ0n) is 9.31. The average molecular weight is 230 g/mol. The zero-order valence-corrected chi connectivity index (χ0v) is 9.31. The van der Waals surface area contributed by atoms with Gasteiger partial charge in [-0.25, -0.2) is 0 Å². The molecule has 1 N–H and O–H groups in total. The lowest BCUT2D eigenvalue weighted by molar-refractivity contribution is -0.136. The minimum absolute atomic E-state index is 0.0162. The van der Waals surface area contributed by atoms with Crippen LogP contribution in [0.5, 0.6) is 0 Å². The molecule has 0 spiro atoms. The van der Waals surface area contributed by atoms with Crippen LogP contribution in [0.2, 0.25) is 0 Å². The van der Waals surface area contributed by atoms with Gasteiger partial charge in [-0.2, -0.15) is 18.3 Å². The van der Waals surface area contributed by atoms with Gasteiger partial charge in [0.15, 0.2) is 0 Å². The largest absolute Gasteiger partial charge is 0.418 e. The molecule has 0 atom stereocenters. The minimum Gasteiger partial charge on any atom is -0.282 e. The molecule has 0 radical (unpaired) electrons. The summed E-state index contributed by atoms with van der Waals surface area (Å²) in [5.41, 5.74) is -0.0667. The monoisotopic (exact) mass is 230 g/mol. The third-order valence-electron chi connectivity index (χ3n) is 2.08. The molecular formula is C11H13F3N2.